The van der Waals surface area contributed by atoms with Crippen LogP contribution in [0.2, 0.25) is 0 Å². The van der Waals surface area contributed by atoms with Crippen molar-refractivity contribution in [2.24, 2.45) is 0 Å². The van der Waals surface area contributed by atoms with E-state index in [1.54, 1.807) is 0 Å². The number of hydrogen-bond acceptors (Lipinski definition) is 2. The molecule has 0 radical (unpaired) electrons. The summed E-state index contributed by atoms with van der Waals surface area (Å²) in [6, 6.07) is 0. The summed E-state index contributed by atoms with van der Waals surface area (Å²) in [6.45, 7) is -1.66. The first-order chi connectivity index (χ1) is 8.06. The van der Waals surface area contributed by atoms with Crippen molar-refractivity contribution < 1.29 is 35.5 Å². The second-order valence-electron chi connectivity index (χ2n) is 3.51. The molecule has 0 aromatic rings. The lowest BCUT2D eigenvalue weighted by molar-refractivity contribution is -0.252. The van der Waals surface area contributed by atoms with Crippen LogP contribution in [0.3, 0.4) is 0 Å². The standard InChI is InChI=1S/C9H11F7OS/c1-5(17)18-3-2-6(11)7(12)9(15,16)8(13,14)4-10/h6-7H,2-4H2,1H3. The summed E-state index contributed by atoms with van der Waals surface area (Å²) in [5, 5.41) is -0.446. The Bertz CT molecular complexity index is 284. The molecule has 0 fully saturated rings. The van der Waals surface area contributed by atoms with Crippen molar-refractivity contribution >= 4 is 16.9 Å². The normalized spacial score (nSPS) is 16.4. The zero-order valence-corrected chi connectivity index (χ0v) is 10.1. The highest BCUT2D eigenvalue weighted by Gasteiger charge is 2.64. The van der Waals surface area contributed by atoms with Gasteiger partial charge in [0.25, 0.3) is 0 Å². The Morgan fingerprint density at radius 2 is 1.72 bits per heavy atom. The molecule has 0 aromatic heterocycles. The minimum atomic E-state index is -5.43. The minimum Gasteiger partial charge on any atom is -0.288 e. The van der Waals surface area contributed by atoms with Gasteiger partial charge in [0.2, 0.25) is 6.17 Å². The highest BCUT2D eigenvalue weighted by molar-refractivity contribution is 8.13. The Balaban J connectivity index is 4.52. The topological polar surface area (TPSA) is 17.1 Å². The maximum absolute atomic E-state index is 13.0. The van der Waals surface area contributed by atoms with Crippen LogP contribution < -0.4 is 0 Å². The maximum atomic E-state index is 13.0. The van der Waals surface area contributed by atoms with Gasteiger partial charge in [-0.05, 0) is 6.42 Å². The second-order valence-corrected chi connectivity index (χ2v) is 4.78. The molecule has 18 heavy (non-hydrogen) atoms. The summed E-state index contributed by atoms with van der Waals surface area (Å²) in [4.78, 5) is 10.4. The van der Waals surface area contributed by atoms with Crippen LogP contribution in [0.15, 0.2) is 0 Å². The highest BCUT2D eigenvalue weighted by atomic mass is 32.2. The molecule has 0 spiro atoms. The fourth-order valence-corrected chi connectivity index (χ4v) is 1.61. The number of carbonyl (C=O) groups is 1. The molecule has 0 aliphatic carbocycles. The van der Waals surface area contributed by atoms with E-state index in [-0.39, 0.29) is 5.75 Å². The average molecular weight is 300 g/mol. The molecule has 0 rings (SSSR count). The zero-order chi connectivity index (χ0) is 14.6. The quantitative estimate of drug-likeness (QED) is 0.669. The van der Waals surface area contributed by atoms with Crippen LogP contribution in [0.5, 0.6) is 0 Å². The summed E-state index contributed by atoms with van der Waals surface area (Å²) < 4.78 is 87.9. The molecule has 2 atom stereocenters. The molecular formula is C9H11F7OS. The third-order valence-corrected chi connectivity index (χ3v) is 2.86. The molecule has 0 aliphatic rings. The van der Waals surface area contributed by atoms with Crippen LogP contribution >= 0.6 is 11.8 Å². The fourth-order valence-electron chi connectivity index (χ4n) is 0.980. The highest BCUT2D eigenvalue weighted by Crippen LogP contribution is 2.41. The molecule has 0 N–H and O–H groups in total. The third kappa shape index (κ3) is 4.33. The molecule has 2 unspecified atom stereocenters. The monoisotopic (exact) mass is 300 g/mol. The zero-order valence-electron chi connectivity index (χ0n) is 9.24. The van der Waals surface area contributed by atoms with Gasteiger partial charge < -0.3 is 0 Å². The van der Waals surface area contributed by atoms with Gasteiger partial charge in [0.1, 0.15) is 6.17 Å². The Morgan fingerprint density at radius 3 is 2.11 bits per heavy atom. The molecule has 0 aliphatic heterocycles. The Kier molecular flexibility index (Phi) is 6.45. The van der Waals surface area contributed by atoms with Crippen molar-refractivity contribution in [2.75, 3.05) is 12.4 Å². The van der Waals surface area contributed by atoms with E-state index in [2.05, 4.69) is 0 Å². The lowest BCUT2D eigenvalue weighted by Crippen LogP contribution is -2.52. The summed E-state index contributed by atoms with van der Waals surface area (Å²) in [6.07, 6.45) is -7.57. The smallest absolute Gasteiger partial charge is 0.288 e. The molecular weight excluding hydrogens is 289 g/mol. The van der Waals surface area contributed by atoms with Gasteiger partial charge in [0.05, 0.1) is 0 Å². The molecule has 0 saturated heterocycles. The summed E-state index contributed by atoms with van der Waals surface area (Å²) in [7, 11) is 0. The van der Waals surface area contributed by atoms with E-state index >= 15 is 0 Å². The molecule has 9 heteroatoms. The van der Waals surface area contributed by atoms with Gasteiger partial charge in [-0.15, -0.1) is 0 Å². The first kappa shape index (κ1) is 17.5. The van der Waals surface area contributed by atoms with E-state index < -0.39 is 42.4 Å². The van der Waals surface area contributed by atoms with Crippen LogP contribution in [0.25, 0.3) is 0 Å². The van der Waals surface area contributed by atoms with Crippen LogP contribution in [0.1, 0.15) is 13.3 Å². The van der Waals surface area contributed by atoms with Gasteiger partial charge in [0.15, 0.2) is 11.8 Å². The molecule has 0 amide bonds. The van der Waals surface area contributed by atoms with Gasteiger partial charge in [-0.25, -0.2) is 13.2 Å². The summed E-state index contributed by atoms with van der Waals surface area (Å²) >= 11 is 0.549. The van der Waals surface area contributed by atoms with Crippen molar-refractivity contribution in [2.45, 2.75) is 37.5 Å². The van der Waals surface area contributed by atoms with E-state index in [0.717, 1.165) is 6.92 Å². The van der Waals surface area contributed by atoms with Crippen molar-refractivity contribution in [3.8, 4) is 0 Å². The number of rotatable bonds is 7. The molecule has 0 heterocycles. The largest absolute Gasteiger partial charge is 0.346 e. The van der Waals surface area contributed by atoms with Crippen LogP contribution in [-0.2, 0) is 4.79 Å². The van der Waals surface area contributed by atoms with E-state index in [4.69, 9.17) is 0 Å². The van der Waals surface area contributed by atoms with Gasteiger partial charge in [0, 0.05) is 12.7 Å². The molecule has 1 nitrogen and oxygen atoms in total. The lowest BCUT2D eigenvalue weighted by atomic mass is 10.0. The van der Waals surface area contributed by atoms with E-state index in [1.807, 2.05) is 0 Å². The predicted molar refractivity (Wildman–Crippen MR) is 53.4 cm³/mol. The van der Waals surface area contributed by atoms with Crippen molar-refractivity contribution in [3.63, 3.8) is 0 Å². The van der Waals surface area contributed by atoms with Crippen molar-refractivity contribution in [3.05, 3.63) is 0 Å². The number of alkyl halides is 7. The van der Waals surface area contributed by atoms with Gasteiger partial charge >= 0.3 is 11.8 Å². The number of halogens is 7. The second kappa shape index (κ2) is 6.63. The predicted octanol–water partition coefficient (Wildman–Crippen LogP) is 3.57. The van der Waals surface area contributed by atoms with Crippen LogP contribution in [0.4, 0.5) is 30.7 Å². The molecule has 0 aromatic carbocycles. The van der Waals surface area contributed by atoms with E-state index in [0.29, 0.717) is 11.8 Å². The average Bonchev–Trinajstić information content (AvgIpc) is 2.26. The van der Waals surface area contributed by atoms with Crippen molar-refractivity contribution in [1.29, 1.82) is 0 Å². The molecule has 0 saturated carbocycles. The van der Waals surface area contributed by atoms with Crippen LogP contribution in [0, 0.1) is 0 Å². The van der Waals surface area contributed by atoms with Gasteiger partial charge in [-0.2, -0.15) is 17.6 Å². The first-order valence-corrected chi connectivity index (χ1v) is 5.78. The van der Waals surface area contributed by atoms with Crippen molar-refractivity contribution in [1.82, 2.24) is 0 Å². The summed E-state index contributed by atoms with van der Waals surface area (Å²) in [5.41, 5.74) is 0. The Hall–Kier alpha value is -0.470. The minimum absolute atomic E-state index is 0.325. The molecule has 108 valence electrons. The Morgan fingerprint density at radius 1 is 1.22 bits per heavy atom. The maximum Gasteiger partial charge on any atom is 0.346 e. The SMILES string of the molecule is CC(=O)SCCC(F)C(F)C(F)(F)C(F)(F)CF. The molecule has 0 bridgehead atoms. The lowest BCUT2D eigenvalue weighted by Gasteiger charge is -2.28. The van der Waals surface area contributed by atoms with E-state index in [1.165, 1.54) is 0 Å². The first-order valence-electron chi connectivity index (χ1n) is 4.79. The summed E-state index contributed by atoms with van der Waals surface area (Å²) in [5.74, 6) is -11.0. The van der Waals surface area contributed by atoms with Gasteiger partial charge in [-0.3, -0.25) is 4.79 Å². The number of hydrogen-bond donors (Lipinski definition) is 0. The third-order valence-electron chi connectivity index (χ3n) is 2.02. The number of thioether (sulfide) groups is 1. The fraction of sp³-hybridized carbons (Fsp3) is 0.889. The van der Waals surface area contributed by atoms with Crippen LogP contribution in [-0.4, -0.2) is 41.7 Å². The number of carbonyl (C=O) groups excluding carboxylic acids is 1. The van der Waals surface area contributed by atoms with Gasteiger partial charge in [-0.1, -0.05) is 11.8 Å². The Labute approximate surface area is 103 Å². The van der Waals surface area contributed by atoms with E-state index in [9.17, 15) is 35.5 Å².